The van der Waals surface area contributed by atoms with Gasteiger partial charge in [0.1, 0.15) is 11.9 Å². The molecular formula is C21H17ClFN3O2. The molecule has 2 aromatic carbocycles. The van der Waals surface area contributed by atoms with Crippen molar-refractivity contribution in [3.8, 4) is 11.5 Å². The number of benzene rings is 2. The maximum Gasteiger partial charge on any atom is 0.250 e. The Morgan fingerprint density at radius 1 is 1.18 bits per heavy atom. The lowest BCUT2D eigenvalue weighted by Crippen LogP contribution is -2.17. The Kier molecular flexibility index (Phi) is 5.21. The molecule has 0 N–H and O–H groups in total. The van der Waals surface area contributed by atoms with Gasteiger partial charge in [-0.1, -0.05) is 35.9 Å². The number of halogens is 2. The van der Waals surface area contributed by atoms with E-state index in [9.17, 15) is 9.18 Å². The first kappa shape index (κ1) is 18.4. The van der Waals surface area contributed by atoms with Gasteiger partial charge >= 0.3 is 0 Å². The molecule has 1 fully saturated rings. The van der Waals surface area contributed by atoms with E-state index in [0.29, 0.717) is 16.5 Å². The van der Waals surface area contributed by atoms with Crippen LogP contribution in [0, 0.1) is 5.82 Å². The van der Waals surface area contributed by atoms with Gasteiger partial charge in [0, 0.05) is 24.4 Å². The third-order valence-electron chi connectivity index (χ3n) is 4.68. The van der Waals surface area contributed by atoms with E-state index < -0.39 is 5.82 Å². The summed E-state index contributed by atoms with van der Waals surface area (Å²) in [5, 5.41) is 8.51. The number of rotatable bonds is 5. The van der Waals surface area contributed by atoms with E-state index in [4.69, 9.17) is 16.0 Å². The molecule has 2 heterocycles. The first-order valence-electron chi connectivity index (χ1n) is 8.94. The lowest BCUT2D eigenvalue weighted by atomic mass is 10.1. The van der Waals surface area contributed by atoms with Crippen molar-refractivity contribution in [3.05, 3.63) is 83.1 Å². The molecule has 7 heteroatoms. The molecule has 1 aromatic heterocycles. The average molecular weight is 398 g/mol. The number of aromatic nitrogens is 2. The predicted molar refractivity (Wildman–Crippen MR) is 103 cm³/mol. The number of hydrogen-bond donors (Lipinski definition) is 0. The lowest BCUT2D eigenvalue weighted by molar-refractivity contribution is 0.104. The van der Waals surface area contributed by atoms with E-state index in [1.54, 1.807) is 48.7 Å². The lowest BCUT2D eigenvalue weighted by Gasteiger charge is -2.19. The fourth-order valence-corrected chi connectivity index (χ4v) is 3.49. The molecule has 0 aliphatic carbocycles. The van der Waals surface area contributed by atoms with Gasteiger partial charge in [-0.3, -0.25) is 4.79 Å². The summed E-state index contributed by atoms with van der Waals surface area (Å²) in [5.41, 5.74) is 0.728. The molecule has 0 bridgehead atoms. The smallest absolute Gasteiger partial charge is 0.250 e. The van der Waals surface area contributed by atoms with Crippen molar-refractivity contribution in [3.63, 3.8) is 0 Å². The Morgan fingerprint density at radius 3 is 2.79 bits per heavy atom. The normalized spacial score (nSPS) is 16.8. The molecule has 142 valence electrons. The SMILES string of the molecule is O=C(C=CN1CCCC1c1nnc(-c2ccccc2F)o1)c1ccccc1Cl. The van der Waals surface area contributed by atoms with Crippen molar-refractivity contribution in [1.82, 2.24) is 15.1 Å². The van der Waals surface area contributed by atoms with Crippen molar-refractivity contribution < 1.29 is 13.6 Å². The van der Waals surface area contributed by atoms with E-state index in [1.165, 1.54) is 12.1 Å². The predicted octanol–water partition coefficient (Wildman–Crippen LogP) is 5.06. The van der Waals surface area contributed by atoms with E-state index in [1.807, 2.05) is 4.90 Å². The zero-order valence-corrected chi connectivity index (χ0v) is 15.6. The summed E-state index contributed by atoms with van der Waals surface area (Å²) in [6.07, 6.45) is 4.96. The van der Waals surface area contributed by atoms with Crippen molar-refractivity contribution in [1.29, 1.82) is 0 Å². The molecular weight excluding hydrogens is 381 g/mol. The highest BCUT2D eigenvalue weighted by molar-refractivity contribution is 6.34. The highest BCUT2D eigenvalue weighted by atomic mass is 35.5. The fraction of sp³-hybridized carbons (Fsp3) is 0.190. The molecule has 1 saturated heterocycles. The zero-order chi connectivity index (χ0) is 19.5. The quantitative estimate of drug-likeness (QED) is 0.444. The van der Waals surface area contributed by atoms with E-state index in [2.05, 4.69) is 10.2 Å². The van der Waals surface area contributed by atoms with Crippen molar-refractivity contribution in [2.45, 2.75) is 18.9 Å². The minimum atomic E-state index is -0.411. The Bertz CT molecular complexity index is 1030. The van der Waals surface area contributed by atoms with Crippen LogP contribution in [0.1, 0.15) is 35.1 Å². The standard InChI is InChI=1S/C21H17ClFN3O2/c22-16-8-3-1-6-14(16)19(27)11-13-26-12-5-10-18(26)21-25-24-20(28-21)15-7-2-4-9-17(15)23/h1-4,6-9,11,13,18H,5,10,12H2. The van der Waals surface area contributed by atoms with Crippen molar-refractivity contribution in [2.75, 3.05) is 6.54 Å². The Morgan fingerprint density at radius 2 is 1.96 bits per heavy atom. The number of ketones is 1. The maximum atomic E-state index is 13.9. The Labute approximate surface area is 166 Å². The van der Waals surface area contributed by atoms with Crippen LogP contribution < -0.4 is 0 Å². The first-order valence-corrected chi connectivity index (χ1v) is 9.32. The zero-order valence-electron chi connectivity index (χ0n) is 14.9. The molecule has 0 saturated carbocycles. The second kappa shape index (κ2) is 7.94. The Balaban J connectivity index is 1.52. The summed E-state index contributed by atoms with van der Waals surface area (Å²) >= 11 is 6.08. The van der Waals surface area contributed by atoms with Crippen LogP contribution in [0.4, 0.5) is 4.39 Å². The molecule has 0 spiro atoms. The Hall–Kier alpha value is -2.99. The summed E-state index contributed by atoms with van der Waals surface area (Å²) in [6, 6.07) is 13.0. The summed E-state index contributed by atoms with van der Waals surface area (Å²) in [5.74, 6) is -0.0262. The molecule has 28 heavy (non-hydrogen) atoms. The monoisotopic (exact) mass is 397 g/mol. The van der Waals surface area contributed by atoms with Gasteiger partial charge in [0.05, 0.1) is 10.6 Å². The molecule has 1 atom stereocenters. The number of carbonyl (C=O) groups is 1. The maximum absolute atomic E-state index is 13.9. The van der Waals surface area contributed by atoms with Crippen LogP contribution in [-0.2, 0) is 0 Å². The molecule has 0 radical (unpaired) electrons. The van der Waals surface area contributed by atoms with Crippen LogP contribution in [0.15, 0.2) is 65.2 Å². The summed E-state index contributed by atoms with van der Waals surface area (Å²) in [7, 11) is 0. The second-order valence-corrected chi connectivity index (χ2v) is 6.89. The highest BCUT2D eigenvalue weighted by Crippen LogP contribution is 2.33. The molecule has 4 rings (SSSR count). The van der Waals surface area contributed by atoms with Gasteiger partial charge in [0.25, 0.3) is 5.89 Å². The van der Waals surface area contributed by atoms with Gasteiger partial charge in [-0.25, -0.2) is 4.39 Å². The average Bonchev–Trinajstić information content (AvgIpc) is 3.36. The van der Waals surface area contributed by atoms with Gasteiger partial charge in [0.2, 0.25) is 5.89 Å². The van der Waals surface area contributed by atoms with Crippen LogP contribution >= 0.6 is 11.6 Å². The summed E-state index contributed by atoms with van der Waals surface area (Å²) in [4.78, 5) is 14.4. The largest absolute Gasteiger partial charge is 0.418 e. The van der Waals surface area contributed by atoms with Crippen LogP contribution in [0.25, 0.3) is 11.5 Å². The molecule has 0 amide bonds. The molecule has 3 aromatic rings. The number of nitrogens with zero attached hydrogens (tertiary/aromatic N) is 3. The molecule has 1 aliphatic rings. The minimum absolute atomic E-state index is 0.149. The minimum Gasteiger partial charge on any atom is -0.418 e. The number of allylic oxidation sites excluding steroid dienone is 1. The number of likely N-dealkylation sites (tertiary alicyclic amines) is 1. The van der Waals surface area contributed by atoms with Gasteiger partial charge in [0.15, 0.2) is 5.78 Å². The topological polar surface area (TPSA) is 59.2 Å². The second-order valence-electron chi connectivity index (χ2n) is 6.48. The van der Waals surface area contributed by atoms with E-state index in [0.717, 1.165) is 19.4 Å². The van der Waals surface area contributed by atoms with E-state index >= 15 is 0 Å². The van der Waals surface area contributed by atoms with Gasteiger partial charge in [-0.2, -0.15) is 0 Å². The van der Waals surface area contributed by atoms with Crippen LogP contribution in [0.2, 0.25) is 5.02 Å². The molecule has 5 nitrogen and oxygen atoms in total. The highest BCUT2D eigenvalue weighted by Gasteiger charge is 2.29. The molecule has 1 unspecified atom stereocenters. The first-order chi connectivity index (χ1) is 13.6. The van der Waals surface area contributed by atoms with Crippen molar-refractivity contribution >= 4 is 17.4 Å². The van der Waals surface area contributed by atoms with Crippen LogP contribution in [-0.4, -0.2) is 27.4 Å². The van der Waals surface area contributed by atoms with Crippen LogP contribution in [0.3, 0.4) is 0 Å². The van der Waals surface area contributed by atoms with E-state index in [-0.39, 0.29) is 23.3 Å². The fourth-order valence-electron chi connectivity index (χ4n) is 3.26. The third-order valence-corrected chi connectivity index (χ3v) is 5.01. The van der Waals surface area contributed by atoms with Crippen LogP contribution in [0.5, 0.6) is 0 Å². The van der Waals surface area contributed by atoms with Crippen molar-refractivity contribution in [2.24, 2.45) is 0 Å². The number of hydrogen-bond acceptors (Lipinski definition) is 5. The summed E-state index contributed by atoms with van der Waals surface area (Å²) < 4.78 is 19.7. The van der Waals surface area contributed by atoms with Gasteiger partial charge < -0.3 is 9.32 Å². The number of carbonyl (C=O) groups excluding carboxylic acids is 1. The summed E-state index contributed by atoms with van der Waals surface area (Å²) in [6.45, 7) is 0.758. The van der Waals surface area contributed by atoms with Gasteiger partial charge in [-0.15, -0.1) is 10.2 Å². The third kappa shape index (κ3) is 3.68. The molecule has 1 aliphatic heterocycles. The van der Waals surface area contributed by atoms with Gasteiger partial charge in [-0.05, 0) is 37.1 Å².